The Balaban J connectivity index is 0.000000173. The van der Waals surface area contributed by atoms with E-state index in [9.17, 15) is 31.9 Å². The number of halogens is 4. The van der Waals surface area contributed by atoms with Crippen molar-refractivity contribution in [2.24, 2.45) is 23.7 Å². The fraction of sp³-hybridized carbons (Fsp3) is 0.371. The number of rotatable bonds is 18. The van der Waals surface area contributed by atoms with Crippen LogP contribution in [0.1, 0.15) is 110 Å². The molecule has 3 saturated carbocycles. The normalized spacial score (nSPS) is 15.4. The molecule has 5 heterocycles. The van der Waals surface area contributed by atoms with Crippen LogP contribution in [0.4, 0.5) is 33.7 Å². The second-order valence-electron chi connectivity index (χ2n) is 22.9. The van der Waals surface area contributed by atoms with Crippen LogP contribution in [-0.4, -0.2) is 83.5 Å². The second kappa shape index (κ2) is 22.7. The topological polar surface area (TPSA) is 167 Å². The second-order valence-corrected chi connectivity index (χ2v) is 22.9. The van der Waals surface area contributed by atoms with Gasteiger partial charge in [0.15, 0.2) is 46.0 Å². The third-order valence-electron chi connectivity index (χ3n) is 15.1. The van der Waals surface area contributed by atoms with Crippen LogP contribution in [0.5, 0.6) is 23.3 Å². The summed E-state index contributed by atoms with van der Waals surface area (Å²) in [6, 6.07) is 22.1. The fourth-order valence-electron chi connectivity index (χ4n) is 10.0. The van der Waals surface area contributed by atoms with Gasteiger partial charge in [0.1, 0.15) is 5.60 Å². The molecule has 8 aromatic rings. The molecule has 0 unspecified atom stereocenters. The van der Waals surface area contributed by atoms with Crippen LogP contribution in [0, 0.1) is 60.8 Å². The largest absolute Gasteiger partial charge is 0.444 e. The van der Waals surface area contributed by atoms with Gasteiger partial charge in [-0.2, -0.15) is 8.78 Å². The molecule has 19 heteroatoms. The zero-order valence-corrected chi connectivity index (χ0v) is 45.8. The number of hydrogen-bond acceptors (Lipinski definition) is 12. The summed E-state index contributed by atoms with van der Waals surface area (Å²) >= 11 is 0. The SMILES string of the molecule is Cc1cc(-c2cnc3c(NCC4CCC4)cc(Oc4cccc(F)c4F)nn23)ccc1C(=O)CC1CC1.Cc1cc(-c2cnc3c(NCC4CN(C(=O)OC(C)(C)C)C4)cc(Oc4cccc(F)c4F)nn23)ccc1C(=O)CC1CC1. The maximum absolute atomic E-state index is 14.5. The Morgan fingerprint density at radius 3 is 1.46 bits per heavy atom. The van der Waals surface area contributed by atoms with Gasteiger partial charge in [-0.3, -0.25) is 9.59 Å². The monoisotopic (exact) mass is 1110 g/mol. The molecular weight excluding hydrogens is 1040 g/mol. The van der Waals surface area contributed by atoms with E-state index in [4.69, 9.17) is 14.2 Å². The fourth-order valence-corrected chi connectivity index (χ4v) is 10.0. The predicted octanol–water partition coefficient (Wildman–Crippen LogP) is 14.0. The summed E-state index contributed by atoms with van der Waals surface area (Å²) in [5.41, 5.74) is 7.99. The van der Waals surface area contributed by atoms with E-state index in [0.717, 1.165) is 72.2 Å². The number of hydrogen-bond donors (Lipinski definition) is 2. The number of likely N-dealkylation sites (tertiary alicyclic amines) is 1. The first-order chi connectivity index (χ1) is 38.9. The van der Waals surface area contributed by atoms with E-state index in [1.54, 1.807) is 38.5 Å². The van der Waals surface area contributed by atoms with Gasteiger partial charge in [-0.1, -0.05) is 42.8 Å². The Bertz CT molecular complexity index is 3710. The summed E-state index contributed by atoms with van der Waals surface area (Å²) in [7, 11) is 0. The Morgan fingerprint density at radius 1 is 0.593 bits per heavy atom. The number of ether oxygens (including phenoxy) is 3. The first kappa shape index (κ1) is 54.6. The number of anilines is 2. The maximum Gasteiger partial charge on any atom is 0.410 e. The molecule has 4 aromatic carbocycles. The van der Waals surface area contributed by atoms with Gasteiger partial charge in [-0.25, -0.2) is 32.6 Å². The molecular formula is C62H63F4N9O6. The van der Waals surface area contributed by atoms with Crippen molar-refractivity contribution in [3.05, 3.63) is 143 Å². The van der Waals surface area contributed by atoms with Crippen LogP contribution < -0.4 is 20.1 Å². The summed E-state index contributed by atoms with van der Waals surface area (Å²) in [6.07, 6.45) is 12.3. The Morgan fingerprint density at radius 2 is 1.05 bits per heavy atom. The van der Waals surface area contributed by atoms with Gasteiger partial charge >= 0.3 is 6.09 Å². The molecule has 4 aromatic heterocycles. The highest BCUT2D eigenvalue weighted by atomic mass is 19.2. The molecule has 3 aliphatic carbocycles. The van der Waals surface area contributed by atoms with E-state index in [1.807, 2.05) is 71.0 Å². The van der Waals surface area contributed by atoms with Crippen LogP contribution in [0.3, 0.4) is 0 Å². The van der Waals surface area contributed by atoms with Gasteiger partial charge in [0.05, 0.1) is 35.2 Å². The highest BCUT2D eigenvalue weighted by Crippen LogP contribution is 2.38. The van der Waals surface area contributed by atoms with E-state index >= 15 is 0 Å². The van der Waals surface area contributed by atoms with Crippen LogP contribution >= 0.6 is 0 Å². The van der Waals surface area contributed by atoms with Gasteiger partial charge in [-0.15, -0.1) is 10.2 Å². The smallest absolute Gasteiger partial charge is 0.410 e. The van der Waals surface area contributed by atoms with Crippen molar-refractivity contribution in [3.8, 4) is 45.8 Å². The standard InChI is InChI=1S/C33H35F2N5O4.C29H28F2N4O2/c1-19-12-22(10-11-23(19)27(41)13-20-8-9-20)26-16-37-31-25(36-15-21-17-39(18-21)32(42)44-33(2,3)4)14-29(38-40(26)31)43-28-7-5-6-24(34)30(28)35;1-17-12-20(10-11-21(17)25(36)13-18-8-9-18)24-16-33-29-23(32-15-19-4-2-5-19)14-27(34-35(24)29)37-26-7-3-6-22(30)28(26)31/h5-7,10-12,14,16,20-21,36H,8-9,13,15,17-18H2,1-4H3;3,6-7,10-12,14,16,18-19,32H,2,4-5,8-9,13,15H2,1H3. The van der Waals surface area contributed by atoms with Crippen molar-refractivity contribution in [1.82, 2.24) is 34.1 Å². The summed E-state index contributed by atoms with van der Waals surface area (Å²) in [5.74, 6) is -2.50. The van der Waals surface area contributed by atoms with Crippen molar-refractivity contribution in [2.75, 3.05) is 36.8 Å². The van der Waals surface area contributed by atoms with E-state index in [-0.39, 0.29) is 46.8 Å². The first-order valence-corrected chi connectivity index (χ1v) is 27.7. The maximum atomic E-state index is 14.5. The number of carbonyl (C=O) groups is 3. The van der Waals surface area contributed by atoms with Gasteiger partial charge in [0.2, 0.25) is 23.4 Å². The van der Waals surface area contributed by atoms with Gasteiger partial charge in [0, 0.05) is 79.3 Å². The van der Waals surface area contributed by atoms with Crippen LogP contribution in [0.2, 0.25) is 0 Å². The number of Topliss-reactive ketones (excluding diaryl/α,β-unsaturated/α-hetero) is 2. The van der Waals surface area contributed by atoms with Crippen LogP contribution in [0.25, 0.3) is 33.8 Å². The molecule has 0 radical (unpaired) electrons. The minimum Gasteiger partial charge on any atom is -0.444 e. The van der Waals surface area contributed by atoms with E-state index in [2.05, 4.69) is 30.8 Å². The number of benzene rings is 4. The quantitative estimate of drug-likeness (QED) is 0.0618. The molecule has 1 saturated heterocycles. The Hall–Kier alpha value is -8.35. The van der Waals surface area contributed by atoms with E-state index in [0.29, 0.717) is 89.9 Å². The number of imidazole rings is 2. The molecule has 420 valence electrons. The Kier molecular flexibility index (Phi) is 15.3. The summed E-state index contributed by atoms with van der Waals surface area (Å²) in [6.45, 7) is 11.7. The average molecular weight is 1110 g/mol. The highest BCUT2D eigenvalue weighted by Gasteiger charge is 2.34. The summed E-state index contributed by atoms with van der Waals surface area (Å²) in [5, 5.41) is 16.0. The lowest BCUT2D eigenvalue weighted by molar-refractivity contribution is 0.000822. The average Bonchev–Trinajstić information content (AvgIpc) is 4.36. The van der Waals surface area contributed by atoms with Crippen molar-refractivity contribution in [2.45, 2.75) is 98.0 Å². The lowest BCUT2D eigenvalue weighted by Crippen LogP contribution is -2.53. The van der Waals surface area contributed by atoms with Crippen LogP contribution in [0.15, 0.2) is 97.3 Å². The third-order valence-corrected chi connectivity index (χ3v) is 15.1. The van der Waals surface area contributed by atoms with Crippen molar-refractivity contribution in [3.63, 3.8) is 0 Å². The van der Waals surface area contributed by atoms with E-state index < -0.39 is 28.9 Å². The van der Waals surface area contributed by atoms with Crippen LogP contribution in [-0.2, 0) is 4.74 Å². The lowest BCUT2D eigenvalue weighted by Gasteiger charge is -2.39. The molecule has 1 amide bonds. The molecule has 12 rings (SSSR count). The Labute approximate surface area is 466 Å². The molecule has 4 aliphatic rings. The number of carbonyl (C=O) groups excluding carboxylic acids is 3. The number of aryl methyl sites for hydroxylation is 2. The molecule has 81 heavy (non-hydrogen) atoms. The number of ketones is 2. The van der Waals surface area contributed by atoms with Crippen molar-refractivity contribution < 1.29 is 46.2 Å². The first-order valence-electron chi connectivity index (χ1n) is 27.7. The third kappa shape index (κ3) is 12.5. The zero-order valence-electron chi connectivity index (χ0n) is 45.8. The van der Waals surface area contributed by atoms with Gasteiger partial charge in [0.25, 0.3) is 0 Å². The summed E-state index contributed by atoms with van der Waals surface area (Å²) in [4.78, 5) is 48.7. The van der Waals surface area contributed by atoms with Crippen molar-refractivity contribution in [1.29, 1.82) is 0 Å². The highest BCUT2D eigenvalue weighted by molar-refractivity contribution is 5.99. The van der Waals surface area contributed by atoms with Gasteiger partial charge in [-0.05, 0) is 138 Å². The minimum absolute atomic E-state index is 0.0284. The predicted molar refractivity (Wildman–Crippen MR) is 298 cm³/mol. The van der Waals surface area contributed by atoms with Gasteiger partial charge < -0.3 is 29.7 Å². The summed E-state index contributed by atoms with van der Waals surface area (Å²) < 4.78 is 76.6. The number of nitrogens with zero attached hydrogens (tertiary/aromatic N) is 7. The molecule has 0 atom stereocenters. The van der Waals surface area contributed by atoms with Crippen molar-refractivity contribution >= 4 is 40.3 Å². The molecule has 4 fully saturated rings. The number of fused-ring (bicyclic) bond motifs is 2. The molecule has 15 nitrogen and oxygen atoms in total. The lowest BCUT2D eigenvalue weighted by atomic mass is 9.85. The minimum atomic E-state index is -1.12. The van der Waals surface area contributed by atoms with E-state index in [1.165, 1.54) is 43.5 Å². The zero-order chi connectivity index (χ0) is 56.7. The number of aromatic nitrogens is 6. The molecule has 2 N–H and O–H groups in total. The molecule has 0 spiro atoms. The molecule has 0 bridgehead atoms. The number of amides is 1. The number of nitrogens with one attached hydrogen (secondary N) is 2. The molecule has 1 aliphatic heterocycles.